The van der Waals surface area contributed by atoms with Gasteiger partial charge in [-0.2, -0.15) is 4.98 Å². The number of pyridine rings is 1. The lowest BCUT2D eigenvalue weighted by atomic mass is 10.2. The number of nitrogen functional groups attached to an aromatic ring is 1. The number of imidazole rings is 1. The molecule has 0 saturated heterocycles. The van der Waals surface area contributed by atoms with Gasteiger partial charge in [-0.25, -0.2) is 9.50 Å². The highest BCUT2D eigenvalue weighted by Gasteiger charge is 2.20. The predicted molar refractivity (Wildman–Crippen MR) is 90.4 cm³/mol. The molecule has 0 bridgehead atoms. The second-order valence-electron chi connectivity index (χ2n) is 5.42. The summed E-state index contributed by atoms with van der Waals surface area (Å²) in [6.07, 6.45) is 3.87. The highest BCUT2D eigenvalue weighted by molar-refractivity contribution is 5.60. The molecule has 3 rings (SSSR count). The van der Waals surface area contributed by atoms with E-state index >= 15 is 0 Å². The van der Waals surface area contributed by atoms with Crippen LogP contribution in [0.5, 0.6) is 11.8 Å². The van der Waals surface area contributed by atoms with E-state index in [1.807, 2.05) is 0 Å². The number of rotatable bonds is 7. The van der Waals surface area contributed by atoms with Crippen molar-refractivity contribution in [2.45, 2.75) is 25.9 Å². The predicted octanol–water partition coefficient (Wildman–Crippen LogP) is 1.37. The van der Waals surface area contributed by atoms with Gasteiger partial charge in [0.2, 0.25) is 0 Å². The molecule has 132 valence electrons. The summed E-state index contributed by atoms with van der Waals surface area (Å²) in [4.78, 5) is 12.5. The summed E-state index contributed by atoms with van der Waals surface area (Å²) in [5.41, 5.74) is 7.09. The van der Waals surface area contributed by atoms with Crippen LogP contribution in [0, 0.1) is 0 Å². The summed E-state index contributed by atoms with van der Waals surface area (Å²) in [7, 11) is 1.55. The number of methoxy groups -OCH3 is 1. The Balaban J connectivity index is 1.97. The minimum absolute atomic E-state index is 0.142. The van der Waals surface area contributed by atoms with Crippen LogP contribution in [-0.4, -0.2) is 43.4 Å². The molecule has 9 nitrogen and oxygen atoms in total. The van der Waals surface area contributed by atoms with Gasteiger partial charge in [-0.15, -0.1) is 5.10 Å². The Morgan fingerprint density at radius 3 is 2.96 bits per heavy atom. The lowest BCUT2D eigenvalue weighted by molar-refractivity contribution is 0.206. The first-order chi connectivity index (χ1) is 12.1. The Kier molecular flexibility index (Phi) is 4.94. The van der Waals surface area contributed by atoms with Crippen molar-refractivity contribution in [2.24, 2.45) is 0 Å². The minimum Gasteiger partial charge on any atom is -0.497 e. The van der Waals surface area contributed by atoms with Crippen molar-refractivity contribution in [1.29, 1.82) is 0 Å². The zero-order valence-corrected chi connectivity index (χ0v) is 14.1. The normalized spacial score (nSPS) is 12.3. The number of ether oxygens (including phenoxy) is 2. The molecule has 0 fully saturated rings. The lowest BCUT2D eigenvalue weighted by Crippen LogP contribution is -2.11. The van der Waals surface area contributed by atoms with Gasteiger partial charge >= 0.3 is 6.01 Å². The van der Waals surface area contributed by atoms with Gasteiger partial charge in [-0.3, -0.25) is 4.98 Å². The Labute approximate surface area is 144 Å². The van der Waals surface area contributed by atoms with Gasteiger partial charge in [-0.05, 0) is 12.5 Å². The van der Waals surface area contributed by atoms with E-state index in [-0.39, 0.29) is 11.8 Å². The molecule has 0 amide bonds. The van der Waals surface area contributed by atoms with Crippen LogP contribution in [0.25, 0.3) is 5.65 Å². The summed E-state index contributed by atoms with van der Waals surface area (Å²) >= 11 is 0. The van der Waals surface area contributed by atoms with Crippen molar-refractivity contribution in [2.75, 3.05) is 19.5 Å². The number of aliphatic hydroxyl groups excluding tert-OH is 1. The van der Waals surface area contributed by atoms with Gasteiger partial charge in [0.05, 0.1) is 31.3 Å². The zero-order chi connectivity index (χ0) is 17.8. The number of hydrogen-bond acceptors (Lipinski definition) is 8. The van der Waals surface area contributed by atoms with Crippen molar-refractivity contribution in [1.82, 2.24) is 24.6 Å². The van der Waals surface area contributed by atoms with Crippen LogP contribution in [-0.2, 0) is 0 Å². The van der Waals surface area contributed by atoms with Crippen LogP contribution in [0.1, 0.15) is 37.3 Å². The highest BCUT2D eigenvalue weighted by Crippen LogP contribution is 2.25. The zero-order valence-electron chi connectivity index (χ0n) is 14.1. The van der Waals surface area contributed by atoms with Crippen LogP contribution in [0.3, 0.4) is 0 Å². The number of unbranched alkanes of at least 4 members (excludes halogenated alkanes) is 1. The average Bonchev–Trinajstić information content (AvgIpc) is 3.06. The Morgan fingerprint density at radius 1 is 1.36 bits per heavy atom. The quantitative estimate of drug-likeness (QED) is 0.617. The summed E-state index contributed by atoms with van der Waals surface area (Å²) in [5, 5.41) is 15.0. The van der Waals surface area contributed by atoms with Gasteiger partial charge < -0.3 is 20.3 Å². The molecule has 0 aliphatic carbocycles. The smallest absolute Gasteiger partial charge is 0.336 e. The summed E-state index contributed by atoms with van der Waals surface area (Å²) in [5.74, 6) is 0.772. The van der Waals surface area contributed by atoms with Gasteiger partial charge in [-0.1, -0.05) is 13.3 Å². The molecule has 0 aliphatic rings. The van der Waals surface area contributed by atoms with Crippen molar-refractivity contribution >= 4 is 11.5 Å². The topological polar surface area (TPSA) is 121 Å². The average molecular weight is 344 g/mol. The van der Waals surface area contributed by atoms with Crippen molar-refractivity contribution < 1.29 is 14.6 Å². The first kappa shape index (κ1) is 16.9. The summed E-state index contributed by atoms with van der Waals surface area (Å²) in [6.45, 7) is 2.55. The second kappa shape index (κ2) is 7.31. The van der Waals surface area contributed by atoms with Crippen molar-refractivity contribution in [3.05, 3.63) is 35.9 Å². The molecule has 9 heteroatoms. The van der Waals surface area contributed by atoms with E-state index in [1.165, 1.54) is 10.7 Å². The maximum absolute atomic E-state index is 10.7. The lowest BCUT2D eigenvalue weighted by Gasteiger charge is -2.11. The molecule has 3 aromatic heterocycles. The van der Waals surface area contributed by atoms with Gasteiger partial charge in [0, 0.05) is 12.3 Å². The molecule has 3 N–H and O–H groups in total. The van der Waals surface area contributed by atoms with Crippen LogP contribution >= 0.6 is 0 Å². The first-order valence-corrected chi connectivity index (χ1v) is 7.96. The molecule has 3 aromatic rings. The standard InChI is InChI=1S/C16H20N6O3/c1-3-4-7-25-16-20-14(17)15-19-9-12(22(15)21-16)13(23)11-8-10(24-2)5-6-18-11/h5-6,8-9,13,23H,3-4,7H2,1-2H3,(H2,17,20,21). The van der Waals surface area contributed by atoms with E-state index in [0.717, 1.165) is 12.8 Å². The molecule has 0 saturated carbocycles. The van der Waals surface area contributed by atoms with Crippen LogP contribution in [0.15, 0.2) is 24.5 Å². The third-order valence-electron chi connectivity index (χ3n) is 3.67. The van der Waals surface area contributed by atoms with Crippen molar-refractivity contribution in [3.8, 4) is 11.8 Å². The number of nitrogens with two attached hydrogens (primary N) is 1. The first-order valence-electron chi connectivity index (χ1n) is 7.96. The third kappa shape index (κ3) is 3.45. The molecule has 0 aromatic carbocycles. The summed E-state index contributed by atoms with van der Waals surface area (Å²) in [6, 6.07) is 3.49. The number of anilines is 1. The maximum atomic E-state index is 10.7. The molecule has 0 aliphatic heterocycles. The molecule has 0 spiro atoms. The van der Waals surface area contributed by atoms with Gasteiger partial charge in [0.15, 0.2) is 11.5 Å². The van der Waals surface area contributed by atoms with E-state index in [2.05, 4.69) is 27.0 Å². The molecule has 25 heavy (non-hydrogen) atoms. The van der Waals surface area contributed by atoms with E-state index in [0.29, 0.717) is 29.4 Å². The number of hydrogen-bond donors (Lipinski definition) is 2. The van der Waals surface area contributed by atoms with Crippen molar-refractivity contribution in [3.63, 3.8) is 0 Å². The summed E-state index contributed by atoms with van der Waals surface area (Å²) < 4.78 is 12.1. The molecule has 0 radical (unpaired) electrons. The number of fused-ring (bicyclic) bond motifs is 1. The monoisotopic (exact) mass is 344 g/mol. The Morgan fingerprint density at radius 2 is 2.20 bits per heavy atom. The number of aliphatic hydroxyl groups is 1. The van der Waals surface area contributed by atoms with E-state index in [1.54, 1.807) is 25.4 Å². The van der Waals surface area contributed by atoms with Crippen LogP contribution in [0.2, 0.25) is 0 Å². The highest BCUT2D eigenvalue weighted by atomic mass is 16.5. The van der Waals surface area contributed by atoms with Crippen LogP contribution in [0.4, 0.5) is 5.82 Å². The fourth-order valence-electron chi connectivity index (χ4n) is 2.31. The molecule has 1 atom stereocenters. The van der Waals surface area contributed by atoms with Crippen LogP contribution < -0.4 is 15.2 Å². The molecule has 3 heterocycles. The van der Waals surface area contributed by atoms with Gasteiger partial charge in [0.25, 0.3) is 0 Å². The Hall–Kier alpha value is -2.94. The fourth-order valence-corrected chi connectivity index (χ4v) is 2.31. The van der Waals surface area contributed by atoms with Gasteiger partial charge in [0.1, 0.15) is 11.9 Å². The number of nitrogens with zero attached hydrogens (tertiary/aromatic N) is 5. The molecular formula is C16H20N6O3. The molecular weight excluding hydrogens is 324 g/mol. The largest absolute Gasteiger partial charge is 0.497 e. The molecule has 1 unspecified atom stereocenters. The van der Waals surface area contributed by atoms with E-state index in [9.17, 15) is 5.11 Å². The fraction of sp³-hybridized carbons (Fsp3) is 0.375. The third-order valence-corrected chi connectivity index (χ3v) is 3.67. The SMILES string of the molecule is CCCCOc1nc(N)c2ncc(C(O)c3cc(OC)ccn3)n2n1. The maximum Gasteiger partial charge on any atom is 0.336 e. The van der Waals surface area contributed by atoms with E-state index in [4.69, 9.17) is 15.2 Å². The Bertz CT molecular complexity index is 866. The second-order valence-corrected chi connectivity index (χ2v) is 5.42. The number of aromatic nitrogens is 5. The van der Waals surface area contributed by atoms with E-state index < -0.39 is 6.10 Å². The minimum atomic E-state index is -1.05.